The largest absolute Gasteiger partial charge is 0.444 e. The summed E-state index contributed by atoms with van der Waals surface area (Å²) in [6, 6.07) is 0. The molecule has 96 valence electrons. The molecule has 4 nitrogen and oxygen atoms in total. The third-order valence-electron chi connectivity index (χ3n) is 3.16. The summed E-state index contributed by atoms with van der Waals surface area (Å²) in [7, 11) is 0. The van der Waals surface area contributed by atoms with Gasteiger partial charge in [0.2, 0.25) is 0 Å². The average Bonchev–Trinajstić information content (AvgIpc) is 2.25. The zero-order valence-electron chi connectivity index (χ0n) is 11.0. The molecule has 1 amide bonds. The standard InChI is InChI=1S/C12H26N2O2/c1-4-7-9-14(6-3,8-5-2)10-11-16-12(13)15/h4-11H2,1-3H3,(H-,13,15)/p+1. The van der Waals surface area contributed by atoms with E-state index in [1.165, 1.54) is 19.4 Å². The summed E-state index contributed by atoms with van der Waals surface area (Å²) >= 11 is 0. The van der Waals surface area contributed by atoms with Gasteiger partial charge in [-0.15, -0.1) is 0 Å². The van der Waals surface area contributed by atoms with E-state index < -0.39 is 6.09 Å². The van der Waals surface area contributed by atoms with Gasteiger partial charge in [0, 0.05) is 0 Å². The van der Waals surface area contributed by atoms with E-state index in [2.05, 4.69) is 20.8 Å². The van der Waals surface area contributed by atoms with Gasteiger partial charge in [0.1, 0.15) is 13.2 Å². The Bertz CT molecular complexity index is 197. The molecule has 0 spiro atoms. The van der Waals surface area contributed by atoms with E-state index in [4.69, 9.17) is 10.5 Å². The summed E-state index contributed by atoms with van der Waals surface area (Å²) < 4.78 is 5.89. The molecule has 0 aliphatic rings. The first-order valence-corrected chi connectivity index (χ1v) is 6.37. The number of rotatable bonds is 9. The second kappa shape index (κ2) is 8.39. The number of ether oxygens (including phenoxy) is 1. The molecule has 16 heavy (non-hydrogen) atoms. The smallest absolute Gasteiger partial charge is 0.404 e. The lowest BCUT2D eigenvalue weighted by atomic mass is 10.2. The normalized spacial score (nSPS) is 14.4. The summed E-state index contributed by atoms with van der Waals surface area (Å²) in [5, 5.41) is 0. The van der Waals surface area contributed by atoms with Crippen molar-refractivity contribution in [2.24, 2.45) is 5.73 Å². The Labute approximate surface area is 99.3 Å². The van der Waals surface area contributed by atoms with Crippen LogP contribution in [0.5, 0.6) is 0 Å². The predicted octanol–water partition coefficient (Wildman–Crippen LogP) is 2.13. The SMILES string of the molecule is CCCC[N+](CC)(CCC)CCOC(N)=O. The molecule has 0 aliphatic heterocycles. The Morgan fingerprint density at radius 1 is 1.12 bits per heavy atom. The molecule has 1 atom stereocenters. The maximum Gasteiger partial charge on any atom is 0.404 e. The second-order valence-electron chi connectivity index (χ2n) is 4.35. The van der Waals surface area contributed by atoms with Gasteiger partial charge >= 0.3 is 6.09 Å². The Kier molecular flexibility index (Phi) is 7.99. The van der Waals surface area contributed by atoms with Crippen molar-refractivity contribution in [1.82, 2.24) is 0 Å². The molecule has 4 heteroatoms. The maximum atomic E-state index is 10.5. The van der Waals surface area contributed by atoms with E-state index in [-0.39, 0.29) is 0 Å². The van der Waals surface area contributed by atoms with Gasteiger partial charge in [-0.2, -0.15) is 0 Å². The highest BCUT2D eigenvalue weighted by Crippen LogP contribution is 2.10. The van der Waals surface area contributed by atoms with Crippen LogP contribution in [0.1, 0.15) is 40.0 Å². The van der Waals surface area contributed by atoms with Gasteiger partial charge < -0.3 is 15.0 Å². The van der Waals surface area contributed by atoms with Crippen LogP contribution in [0.3, 0.4) is 0 Å². The zero-order valence-corrected chi connectivity index (χ0v) is 11.0. The minimum Gasteiger partial charge on any atom is -0.444 e. The van der Waals surface area contributed by atoms with Gasteiger partial charge in [-0.1, -0.05) is 20.3 Å². The number of hydrogen-bond donors (Lipinski definition) is 1. The van der Waals surface area contributed by atoms with Crippen LogP contribution < -0.4 is 5.73 Å². The first-order valence-electron chi connectivity index (χ1n) is 6.37. The fourth-order valence-corrected chi connectivity index (χ4v) is 2.12. The third-order valence-corrected chi connectivity index (χ3v) is 3.16. The molecule has 0 saturated heterocycles. The Balaban J connectivity index is 4.19. The highest BCUT2D eigenvalue weighted by atomic mass is 16.5. The summed E-state index contributed by atoms with van der Waals surface area (Å²) in [6.45, 7) is 11.3. The van der Waals surface area contributed by atoms with Crippen molar-refractivity contribution in [3.63, 3.8) is 0 Å². The van der Waals surface area contributed by atoms with Crippen LogP contribution in [0, 0.1) is 0 Å². The number of primary amides is 1. The number of carbonyl (C=O) groups excluding carboxylic acids is 1. The third kappa shape index (κ3) is 5.95. The monoisotopic (exact) mass is 231 g/mol. The highest BCUT2D eigenvalue weighted by Gasteiger charge is 2.23. The first-order chi connectivity index (χ1) is 7.60. The van der Waals surface area contributed by atoms with Crippen LogP contribution in [-0.4, -0.2) is 43.4 Å². The molecule has 0 bridgehead atoms. The molecule has 2 N–H and O–H groups in total. The molecular weight excluding hydrogens is 204 g/mol. The van der Waals surface area contributed by atoms with Crippen LogP contribution in [0.15, 0.2) is 0 Å². The lowest BCUT2D eigenvalue weighted by Gasteiger charge is -2.37. The van der Waals surface area contributed by atoms with Crippen LogP contribution in [0.4, 0.5) is 4.79 Å². The van der Waals surface area contributed by atoms with E-state index in [0.717, 1.165) is 30.5 Å². The minimum absolute atomic E-state index is 0.437. The zero-order chi connectivity index (χ0) is 12.4. The van der Waals surface area contributed by atoms with Crippen LogP contribution >= 0.6 is 0 Å². The van der Waals surface area contributed by atoms with Crippen molar-refractivity contribution in [2.75, 3.05) is 32.8 Å². The van der Waals surface area contributed by atoms with Crippen molar-refractivity contribution >= 4 is 6.09 Å². The van der Waals surface area contributed by atoms with Crippen LogP contribution in [-0.2, 0) is 4.74 Å². The molecule has 0 radical (unpaired) electrons. The Morgan fingerprint density at radius 2 is 1.81 bits per heavy atom. The summed E-state index contributed by atoms with van der Waals surface area (Å²) in [4.78, 5) is 10.5. The summed E-state index contributed by atoms with van der Waals surface area (Å²) in [5.41, 5.74) is 4.97. The molecule has 0 saturated carbocycles. The van der Waals surface area contributed by atoms with E-state index in [1.807, 2.05) is 0 Å². The fourth-order valence-electron chi connectivity index (χ4n) is 2.12. The van der Waals surface area contributed by atoms with Gasteiger partial charge in [-0.25, -0.2) is 4.79 Å². The minimum atomic E-state index is -0.666. The van der Waals surface area contributed by atoms with Gasteiger partial charge in [-0.3, -0.25) is 0 Å². The molecule has 0 aliphatic carbocycles. The quantitative estimate of drug-likeness (QED) is 0.618. The number of likely N-dealkylation sites (N-methyl/N-ethyl adjacent to an activating group) is 1. The topological polar surface area (TPSA) is 52.3 Å². The molecular formula is C12H27N2O2+. The molecule has 0 heterocycles. The Hall–Kier alpha value is -0.770. The van der Waals surface area contributed by atoms with Crippen molar-refractivity contribution in [2.45, 2.75) is 40.0 Å². The lowest BCUT2D eigenvalue weighted by Crippen LogP contribution is -2.51. The molecule has 0 fully saturated rings. The van der Waals surface area contributed by atoms with Crippen molar-refractivity contribution in [3.05, 3.63) is 0 Å². The molecule has 0 rings (SSSR count). The van der Waals surface area contributed by atoms with E-state index >= 15 is 0 Å². The molecule has 1 unspecified atom stereocenters. The Morgan fingerprint density at radius 3 is 2.25 bits per heavy atom. The molecule has 0 aromatic heterocycles. The number of quaternary nitrogens is 1. The van der Waals surface area contributed by atoms with E-state index in [0.29, 0.717) is 6.61 Å². The summed E-state index contributed by atoms with van der Waals surface area (Å²) in [6.07, 6.45) is 2.93. The van der Waals surface area contributed by atoms with Crippen molar-refractivity contribution in [3.8, 4) is 0 Å². The number of nitrogens with two attached hydrogens (primary N) is 1. The molecule has 0 aromatic rings. The fraction of sp³-hybridized carbons (Fsp3) is 0.917. The summed E-state index contributed by atoms with van der Waals surface area (Å²) in [5.74, 6) is 0. The van der Waals surface area contributed by atoms with Crippen LogP contribution in [0.2, 0.25) is 0 Å². The van der Waals surface area contributed by atoms with Crippen molar-refractivity contribution < 1.29 is 14.0 Å². The first kappa shape index (κ1) is 15.2. The van der Waals surface area contributed by atoms with E-state index in [9.17, 15) is 4.79 Å². The number of amides is 1. The van der Waals surface area contributed by atoms with Gasteiger partial charge in [0.25, 0.3) is 0 Å². The predicted molar refractivity (Wildman–Crippen MR) is 66.1 cm³/mol. The number of unbranched alkanes of at least 4 members (excludes halogenated alkanes) is 1. The highest BCUT2D eigenvalue weighted by molar-refractivity contribution is 5.64. The maximum absolute atomic E-state index is 10.5. The number of nitrogens with zero attached hydrogens (tertiary/aromatic N) is 1. The average molecular weight is 231 g/mol. The van der Waals surface area contributed by atoms with Gasteiger partial charge in [-0.05, 0) is 19.8 Å². The van der Waals surface area contributed by atoms with Crippen molar-refractivity contribution in [1.29, 1.82) is 0 Å². The number of carbonyl (C=O) groups is 1. The van der Waals surface area contributed by atoms with Gasteiger partial charge in [0.05, 0.1) is 19.6 Å². The van der Waals surface area contributed by atoms with Crippen LogP contribution in [0.25, 0.3) is 0 Å². The van der Waals surface area contributed by atoms with Gasteiger partial charge in [0.15, 0.2) is 0 Å². The lowest BCUT2D eigenvalue weighted by molar-refractivity contribution is -0.926. The van der Waals surface area contributed by atoms with E-state index in [1.54, 1.807) is 0 Å². The number of hydrogen-bond acceptors (Lipinski definition) is 2. The molecule has 0 aromatic carbocycles. The second-order valence-corrected chi connectivity index (χ2v) is 4.35.